The van der Waals surface area contributed by atoms with Crippen molar-refractivity contribution in [3.8, 4) is 0 Å². The molecule has 3 unspecified atom stereocenters. The SMILES string of the molecule is C=CCc1ccc(NC(=O)Nc2ccc(Cl)c(C(F)(F)F)c2)cc1NN1c2ncnc(n2)C2CN1CC(C)O2. The summed E-state index contributed by atoms with van der Waals surface area (Å²) in [6.45, 7) is 6.86. The van der Waals surface area contributed by atoms with E-state index in [9.17, 15) is 18.0 Å². The number of hydrogen-bond acceptors (Lipinski definition) is 8. The molecule has 3 atom stereocenters. The predicted molar refractivity (Wildman–Crippen MR) is 140 cm³/mol. The zero-order valence-corrected chi connectivity index (χ0v) is 21.4. The van der Waals surface area contributed by atoms with Gasteiger partial charge in [-0.25, -0.2) is 9.78 Å². The number of fused-ring (bicyclic) bond motifs is 5. The van der Waals surface area contributed by atoms with Crippen LogP contribution < -0.4 is 21.2 Å². The molecule has 1 saturated heterocycles. The van der Waals surface area contributed by atoms with Gasteiger partial charge in [0.15, 0.2) is 5.82 Å². The van der Waals surface area contributed by atoms with E-state index < -0.39 is 22.8 Å². The third-order valence-corrected chi connectivity index (χ3v) is 6.40. The molecule has 2 aromatic carbocycles. The number of allylic oxidation sites excluding steroid dienone is 1. The van der Waals surface area contributed by atoms with E-state index in [4.69, 9.17) is 16.3 Å². The Balaban J connectivity index is 1.38. The molecule has 2 aliphatic heterocycles. The number of amides is 2. The third-order valence-electron chi connectivity index (χ3n) is 6.07. The van der Waals surface area contributed by atoms with Crippen LogP contribution in [0.5, 0.6) is 0 Å². The number of carbonyl (C=O) groups excluding carboxylic acids is 1. The summed E-state index contributed by atoms with van der Waals surface area (Å²) in [5.41, 5.74) is 4.15. The largest absolute Gasteiger partial charge is 0.417 e. The van der Waals surface area contributed by atoms with Crippen LogP contribution in [0.15, 0.2) is 55.4 Å². The minimum Gasteiger partial charge on any atom is -0.364 e. The van der Waals surface area contributed by atoms with Gasteiger partial charge in [-0.15, -0.1) is 6.58 Å². The van der Waals surface area contributed by atoms with Gasteiger partial charge in [0.25, 0.3) is 5.95 Å². The third kappa shape index (κ3) is 5.90. The zero-order chi connectivity index (χ0) is 27.7. The van der Waals surface area contributed by atoms with Gasteiger partial charge in [-0.2, -0.15) is 33.3 Å². The molecule has 14 heteroatoms. The lowest BCUT2D eigenvalue weighted by atomic mass is 10.1. The van der Waals surface area contributed by atoms with Crippen LogP contribution in [0.25, 0.3) is 0 Å². The lowest BCUT2D eigenvalue weighted by Crippen LogP contribution is -2.54. The number of nitrogens with one attached hydrogen (secondary N) is 3. The number of hydrazine groups is 2. The second-order valence-electron chi connectivity index (χ2n) is 9.01. The summed E-state index contributed by atoms with van der Waals surface area (Å²) in [6, 6.07) is 7.62. The minimum atomic E-state index is -4.66. The molecule has 0 radical (unpaired) electrons. The molecular formula is C25H24ClF3N8O2. The van der Waals surface area contributed by atoms with Crippen molar-refractivity contribution < 1.29 is 22.7 Å². The normalized spacial score (nSPS) is 20.1. The molecule has 2 aliphatic rings. The van der Waals surface area contributed by atoms with E-state index in [-0.39, 0.29) is 17.9 Å². The summed E-state index contributed by atoms with van der Waals surface area (Å²) in [5, 5.41) is 8.35. The smallest absolute Gasteiger partial charge is 0.364 e. The molecule has 3 aromatic rings. The van der Waals surface area contributed by atoms with E-state index in [2.05, 4.69) is 37.6 Å². The van der Waals surface area contributed by atoms with Crippen molar-refractivity contribution in [2.24, 2.45) is 0 Å². The molecular weight excluding hydrogens is 537 g/mol. The van der Waals surface area contributed by atoms with Crippen LogP contribution in [-0.2, 0) is 17.3 Å². The average Bonchev–Trinajstić information content (AvgIpc) is 2.94. The number of nitrogens with zero attached hydrogens (tertiary/aromatic N) is 5. The summed E-state index contributed by atoms with van der Waals surface area (Å²) in [4.78, 5) is 25.7. The Labute approximate surface area is 226 Å². The predicted octanol–water partition coefficient (Wildman–Crippen LogP) is 5.44. The van der Waals surface area contributed by atoms with Crippen molar-refractivity contribution in [2.45, 2.75) is 31.7 Å². The highest BCUT2D eigenvalue weighted by Gasteiger charge is 2.37. The molecule has 1 fully saturated rings. The Bertz CT molecular complexity index is 1410. The van der Waals surface area contributed by atoms with Gasteiger partial charge in [0.05, 0.1) is 28.9 Å². The van der Waals surface area contributed by atoms with Gasteiger partial charge in [0.2, 0.25) is 0 Å². The number of urea groups is 1. The molecule has 10 nitrogen and oxygen atoms in total. The first-order valence-corrected chi connectivity index (χ1v) is 12.3. The first kappa shape index (κ1) is 26.7. The highest BCUT2D eigenvalue weighted by molar-refractivity contribution is 6.31. The summed E-state index contributed by atoms with van der Waals surface area (Å²) in [5.74, 6) is 0.916. The molecule has 0 saturated carbocycles. The Morgan fingerprint density at radius 1 is 1.18 bits per heavy atom. The maximum absolute atomic E-state index is 13.2. The van der Waals surface area contributed by atoms with Crippen molar-refractivity contribution in [1.29, 1.82) is 0 Å². The fourth-order valence-electron chi connectivity index (χ4n) is 4.36. The lowest BCUT2D eigenvalue weighted by Gasteiger charge is -2.40. The zero-order valence-electron chi connectivity index (χ0n) is 20.7. The standard InChI is InChI=1S/C25H24ClF3N8O2/c1-3-4-15-5-6-17(33-24(38)32-16-7-8-19(26)18(9-16)25(27,28)29)10-20(15)35-37-23-31-13-30-22(34-23)21-12-36(37)11-14(2)39-21/h3,5-10,13-14,21,35H,1,4,11-12H2,2H3,(H2,32,33,38). The van der Waals surface area contributed by atoms with E-state index >= 15 is 0 Å². The van der Waals surface area contributed by atoms with E-state index in [1.54, 1.807) is 23.3 Å². The molecule has 4 bridgehead atoms. The van der Waals surface area contributed by atoms with Crippen LogP contribution in [0.1, 0.15) is 30.0 Å². The van der Waals surface area contributed by atoms with Crippen molar-refractivity contribution in [3.63, 3.8) is 0 Å². The van der Waals surface area contributed by atoms with Crippen LogP contribution in [0.2, 0.25) is 5.02 Å². The molecule has 5 rings (SSSR count). The molecule has 0 spiro atoms. The van der Waals surface area contributed by atoms with Crippen LogP contribution >= 0.6 is 11.6 Å². The number of anilines is 4. The fraction of sp³-hybridized carbons (Fsp3) is 0.280. The first-order chi connectivity index (χ1) is 18.6. The van der Waals surface area contributed by atoms with Crippen LogP contribution in [0.3, 0.4) is 0 Å². The van der Waals surface area contributed by atoms with E-state index in [0.29, 0.717) is 42.7 Å². The van der Waals surface area contributed by atoms with Crippen LogP contribution in [-0.4, -0.2) is 45.2 Å². The second kappa shape index (κ2) is 10.7. The summed E-state index contributed by atoms with van der Waals surface area (Å²) >= 11 is 5.67. The van der Waals surface area contributed by atoms with Gasteiger partial charge < -0.3 is 15.4 Å². The van der Waals surface area contributed by atoms with Gasteiger partial charge in [0.1, 0.15) is 12.4 Å². The van der Waals surface area contributed by atoms with E-state index in [1.165, 1.54) is 12.4 Å². The molecule has 3 heterocycles. The number of benzene rings is 2. The summed E-state index contributed by atoms with van der Waals surface area (Å²) in [6.07, 6.45) is -1.35. The van der Waals surface area contributed by atoms with Crippen molar-refractivity contribution in [2.75, 3.05) is 34.3 Å². The average molecular weight is 561 g/mol. The maximum Gasteiger partial charge on any atom is 0.417 e. The molecule has 0 aliphatic carbocycles. The number of alkyl halides is 3. The minimum absolute atomic E-state index is 0.0583. The van der Waals surface area contributed by atoms with Gasteiger partial charge in [-0.05, 0) is 49.2 Å². The fourth-order valence-corrected chi connectivity index (χ4v) is 4.58. The van der Waals surface area contributed by atoms with Crippen molar-refractivity contribution >= 4 is 40.6 Å². The highest BCUT2D eigenvalue weighted by Crippen LogP contribution is 2.36. The number of hydrogen-bond donors (Lipinski definition) is 3. The molecule has 1 aromatic heterocycles. The van der Waals surface area contributed by atoms with Crippen LogP contribution in [0.4, 0.5) is 41.0 Å². The number of halogens is 4. The topological polar surface area (TPSA) is 108 Å². The Kier molecular flexibility index (Phi) is 7.30. The van der Waals surface area contributed by atoms with Gasteiger partial charge in [-0.3, -0.25) is 5.43 Å². The number of ether oxygens (including phenoxy) is 1. The number of morpholine rings is 1. The molecule has 39 heavy (non-hydrogen) atoms. The van der Waals surface area contributed by atoms with Crippen molar-refractivity contribution in [1.82, 2.24) is 20.0 Å². The molecule has 3 N–H and O–H groups in total. The number of rotatable bonds is 6. The monoisotopic (exact) mass is 560 g/mol. The van der Waals surface area contributed by atoms with Crippen LogP contribution in [0, 0.1) is 0 Å². The highest BCUT2D eigenvalue weighted by atomic mass is 35.5. The number of carbonyl (C=O) groups is 1. The Hall–Kier alpha value is -3.94. The summed E-state index contributed by atoms with van der Waals surface area (Å²) < 4.78 is 45.6. The molecule has 2 amide bonds. The quantitative estimate of drug-likeness (QED) is 0.342. The van der Waals surface area contributed by atoms with E-state index in [1.807, 2.05) is 18.0 Å². The van der Waals surface area contributed by atoms with E-state index in [0.717, 1.165) is 17.7 Å². The van der Waals surface area contributed by atoms with Gasteiger partial charge >= 0.3 is 12.2 Å². The van der Waals surface area contributed by atoms with Gasteiger partial charge in [-0.1, -0.05) is 23.7 Å². The summed E-state index contributed by atoms with van der Waals surface area (Å²) in [7, 11) is 0. The Morgan fingerprint density at radius 3 is 2.67 bits per heavy atom. The first-order valence-electron chi connectivity index (χ1n) is 12.0. The molecule has 204 valence electrons. The van der Waals surface area contributed by atoms with Gasteiger partial charge in [0, 0.05) is 17.9 Å². The second-order valence-corrected chi connectivity index (χ2v) is 9.42. The Morgan fingerprint density at radius 2 is 1.92 bits per heavy atom. The lowest BCUT2D eigenvalue weighted by molar-refractivity contribution is -0.137. The number of aromatic nitrogens is 3. The maximum atomic E-state index is 13.2. The van der Waals surface area contributed by atoms with Crippen molar-refractivity contribution in [3.05, 3.63) is 77.4 Å².